The SMILES string of the molecule is N#Cc1cccc(C2[CH]C2)c1. The van der Waals surface area contributed by atoms with Gasteiger partial charge in [0.15, 0.2) is 0 Å². The second-order valence-corrected chi connectivity index (χ2v) is 2.82. The lowest BCUT2D eigenvalue weighted by atomic mass is 10.1. The molecule has 1 heteroatoms. The van der Waals surface area contributed by atoms with Gasteiger partial charge in [-0.2, -0.15) is 5.26 Å². The molecule has 1 nitrogen and oxygen atoms in total. The summed E-state index contributed by atoms with van der Waals surface area (Å²) in [6.45, 7) is 0. The molecule has 1 saturated carbocycles. The van der Waals surface area contributed by atoms with Gasteiger partial charge in [0, 0.05) is 0 Å². The van der Waals surface area contributed by atoms with Crippen LogP contribution in [0.2, 0.25) is 0 Å². The van der Waals surface area contributed by atoms with Gasteiger partial charge in [-0.25, -0.2) is 0 Å². The highest BCUT2D eigenvalue weighted by molar-refractivity contribution is 5.38. The summed E-state index contributed by atoms with van der Waals surface area (Å²) < 4.78 is 0. The molecule has 1 aliphatic carbocycles. The number of nitriles is 1. The van der Waals surface area contributed by atoms with Crippen LogP contribution >= 0.6 is 0 Å². The van der Waals surface area contributed by atoms with Gasteiger partial charge in [0.1, 0.15) is 0 Å². The zero-order valence-corrected chi connectivity index (χ0v) is 6.12. The van der Waals surface area contributed by atoms with E-state index in [0.717, 1.165) is 5.56 Å². The molecule has 2 rings (SSSR count). The van der Waals surface area contributed by atoms with E-state index in [4.69, 9.17) is 5.26 Å². The lowest BCUT2D eigenvalue weighted by Crippen LogP contribution is -1.80. The van der Waals surface area contributed by atoms with Crippen molar-refractivity contribution in [3.05, 3.63) is 41.8 Å². The minimum atomic E-state index is 0.628. The third-order valence-corrected chi connectivity index (χ3v) is 1.92. The van der Waals surface area contributed by atoms with E-state index in [-0.39, 0.29) is 0 Å². The van der Waals surface area contributed by atoms with E-state index < -0.39 is 0 Å². The second-order valence-electron chi connectivity index (χ2n) is 2.82. The Hall–Kier alpha value is -1.29. The van der Waals surface area contributed by atoms with Crippen LogP contribution in [0.15, 0.2) is 24.3 Å². The van der Waals surface area contributed by atoms with Gasteiger partial charge >= 0.3 is 0 Å². The van der Waals surface area contributed by atoms with Gasteiger partial charge in [0.05, 0.1) is 11.6 Å². The van der Waals surface area contributed by atoms with Crippen molar-refractivity contribution >= 4 is 0 Å². The standard InChI is InChI=1S/C10H8N/c11-7-8-2-1-3-10(6-8)9-4-5-9/h1-4,6,9H,5H2. The average molecular weight is 142 g/mol. The highest BCUT2D eigenvalue weighted by Gasteiger charge is 2.23. The Bertz CT molecular complexity index is 305. The fourth-order valence-electron chi connectivity index (χ4n) is 1.18. The molecule has 1 aromatic rings. The first kappa shape index (κ1) is 6.42. The molecule has 1 aromatic carbocycles. The van der Waals surface area contributed by atoms with Crippen LogP contribution in [0, 0.1) is 17.8 Å². The first-order valence-corrected chi connectivity index (χ1v) is 3.73. The molecule has 1 unspecified atom stereocenters. The summed E-state index contributed by atoms with van der Waals surface area (Å²) in [5, 5.41) is 8.60. The fourth-order valence-corrected chi connectivity index (χ4v) is 1.18. The molecule has 0 saturated heterocycles. The normalized spacial score (nSPS) is 15.9. The molecule has 0 N–H and O–H groups in total. The van der Waals surface area contributed by atoms with E-state index in [2.05, 4.69) is 18.6 Å². The number of benzene rings is 1. The van der Waals surface area contributed by atoms with E-state index in [0.29, 0.717) is 5.92 Å². The van der Waals surface area contributed by atoms with Gasteiger partial charge in [-0.05, 0) is 36.5 Å². The zero-order chi connectivity index (χ0) is 7.68. The summed E-state index contributed by atoms with van der Waals surface area (Å²) in [6.07, 6.45) is 3.42. The van der Waals surface area contributed by atoms with Crippen molar-refractivity contribution in [3.8, 4) is 6.07 Å². The molecule has 1 aliphatic rings. The highest BCUT2D eigenvalue weighted by atomic mass is 14.3. The maximum Gasteiger partial charge on any atom is 0.0991 e. The summed E-state index contributed by atoms with van der Waals surface area (Å²) in [5.41, 5.74) is 2.05. The van der Waals surface area contributed by atoms with Gasteiger partial charge in [-0.3, -0.25) is 0 Å². The Morgan fingerprint density at radius 2 is 2.27 bits per heavy atom. The largest absolute Gasteiger partial charge is 0.192 e. The van der Waals surface area contributed by atoms with Crippen molar-refractivity contribution in [2.75, 3.05) is 0 Å². The molecule has 0 bridgehead atoms. The topological polar surface area (TPSA) is 23.8 Å². The summed E-state index contributed by atoms with van der Waals surface area (Å²) in [7, 11) is 0. The second kappa shape index (κ2) is 2.39. The summed E-state index contributed by atoms with van der Waals surface area (Å²) >= 11 is 0. The third kappa shape index (κ3) is 1.25. The smallest absolute Gasteiger partial charge is 0.0991 e. The number of nitrogens with zero attached hydrogens (tertiary/aromatic N) is 1. The average Bonchev–Trinajstić information content (AvgIpc) is 2.87. The van der Waals surface area contributed by atoms with Gasteiger partial charge in [-0.1, -0.05) is 12.1 Å². The Morgan fingerprint density at radius 3 is 2.91 bits per heavy atom. The Kier molecular flexibility index (Phi) is 1.40. The molecule has 0 aromatic heterocycles. The molecular weight excluding hydrogens is 134 g/mol. The maximum atomic E-state index is 8.60. The Labute approximate surface area is 66.3 Å². The van der Waals surface area contributed by atoms with E-state index >= 15 is 0 Å². The van der Waals surface area contributed by atoms with Gasteiger partial charge < -0.3 is 0 Å². The first-order valence-electron chi connectivity index (χ1n) is 3.73. The van der Waals surface area contributed by atoms with Gasteiger partial charge in [0.25, 0.3) is 0 Å². The quantitative estimate of drug-likeness (QED) is 0.590. The van der Waals surface area contributed by atoms with Crippen LogP contribution in [0.5, 0.6) is 0 Å². The van der Waals surface area contributed by atoms with Crippen LogP contribution in [0.3, 0.4) is 0 Å². The Morgan fingerprint density at radius 1 is 1.45 bits per heavy atom. The van der Waals surface area contributed by atoms with E-state index in [9.17, 15) is 0 Å². The predicted octanol–water partition coefficient (Wildman–Crippen LogP) is 2.25. The zero-order valence-electron chi connectivity index (χ0n) is 6.12. The fraction of sp³-hybridized carbons (Fsp3) is 0.200. The molecule has 53 valence electrons. The highest BCUT2D eigenvalue weighted by Crippen LogP contribution is 2.38. The minimum absolute atomic E-state index is 0.628. The van der Waals surface area contributed by atoms with Crippen molar-refractivity contribution < 1.29 is 0 Å². The van der Waals surface area contributed by atoms with Gasteiger partial charge in [0.2, 0.25) is 0 Å². The Balaban J connectivity index is 2.35. The summed E-state index contributed by atoms with van der Waals surface area (Å²) in [6, 6.07) is 9.96. The third-order valence-electron chi connectivity index (χ3n) is 1.92. The molecule has 1 atom stereocenters. The molecular formula is C10H8N. The predicted molar refractivity (Wildman–Crippen MR) is 42.8 cm³/mol. The molecule has 1 fully saturated rings. The van der Waals surface area contributed by atoms with E-state index in [1.807, 2.05) is 18.2 Å². The number of hydrogen-bond acceptors (Lipinski definition) is 1. The van der Waals surface area contributed by atoms with Crippen molar-refractivity contribution in [2.24, 2.45) is 0 Å². The molecule has 11 heavy (non-hydrogen) atoms. The van der Waals surface area contributed by atoms with E-state index in [1.54, 1.807) is 0 Å². The molecule has 0 heterocycles. The van der Waals surface area contributed by atoms with Crippen LogP contribution in [0.1, 0.15) is 23.5 Å². The van der Waals surface area contributed by atoms with Crippen LogP contribution in [0.25, 0.3) is 0 Å². The summed E-state index contributed by atoms with van der Waals surface area (Å²) in [5.74, 6) is 0.628. The molecule has 0 spiro atoms. The first-order chi connectivity index (χ1) is 5.40. The van der Waals surface area contributed by atoms with Gasteiger partial charge in [-0.15, -0.1) is 0 Å². The minimum Gasteiger partial charge on any atom is -0.192 e. The summed E-state index contributed by atoms with van der Waals surface area (Å²) in [4.78, 5) is 0. The molecule has 1 radical (unpaired) electrons. The molecule has 0 aliphatic heterocycles. The van der Waals surface area contributed by atoms with E-state index in [1.165, 1.54) is 12.0 Å². The van der Waals surface area contributed by atoms with Crippen molar-refractivity contribution in [3.63, 3.8) is 0 Å². The monoisotopic (exact) mass is 142 g/mol. The lowest BCUT2D eigenvalue weighted by molar-refractivity contribution is 1.16. The van der Waals surface area contributed by atoms with Crippen molar-refractivity contribution in [1.29, 1.82) is 5.26 Å². The lowest BCUT2D eigenvalue weighted by Gasteiger charge is -1.95. The number of hydrogen-bond donors (Lipinski definition) is 0. The van der Waals surface area contributed by atoms with Crippen LogP contribution in [-0.2, 0) is 0 Å². The van der Waals surface area contributed by atoms with Crippen LogP contribution in [-0.4, -0.2) is 0 Å². The number of rotatable bonds is 1. The molecule has 0 amide bonds. The maximum absolute atomic E-state index is 8.60. The van der Waals surface area contributed by atoms with Crippen LogP contribution in [0.4, 0.5) is 0 Å². The van der Waals surface area contributed by atoms with Crippen molar-refractivity contribution in [2.45, 2.75) is 12.3 Å². The van der Waals surface area contributed by atoms with Crippen LogP contribution < -0.4 is 0 Å². The van der Waals surface area contributed by atoms with Crippen molar-refractivity contribution in [1.82, 2.24) is 0 Å².